The molecule has 0 heterocycles. The van der Waals surface area contributed by atoms with Crippen LogP contribution in [0.15, 0.2) is 24.3 Å². The van der Waals surface area contributed by atoms with Gasteiger partial charge >= 0.3 is 0 Å². The van der Waals surface area contributed by atoms with Crippen molar-refractivity contribution < 1.29 is 9.53 Å². The minimum absolute atomic E-state index is 0.217. The lowest BCUT2D eigenvalue weighted by Gasteiger charge is -2.14. The lowest BCUT2D eigenvalue weighted by molar-refractivity contribution is -0.117. The standard InChI is InChI=1S/C13H20N2O2/c1-9(2)8-17-12-7-5-4-6-11(12)15-13(16)10(3)14/h4-7,9-10H,8,14H2,1-3H3,(H,15,16). The summed E-state index contributed by atoms with van der Waals surface area (Å²) in [5, 5.41) is 2.74. The molecular weight excluding hydrogens is 216 g/mol. The zero-order valence-corrected chi connectivity index (χ0v) is 10.6. The molecule has 0 saturated carbocycles. The lowest BCUT2D eigenvalue weighted by atomic mass is 10.2. The molecule has 0 spiro atoms. The van der Waals surface area contributed by atoms with Crippen LogP contribution >= 0.6 is 0 Å². The van der Waals surface area contributed by atoms with Crippen LogP contribution in [0.3, 0.4) is 0 Å². The fourth-order valence-corrected chi connectivity index (χ4v) is 1.20. The number of nitrogens with two attached hydrogens (primary N) is 1. The van der Waals surface area contributed by atoms with Crippen molar-refractivity contribution in [2.45, 2.75) is 26.8 Å². The number of para-hydroxylation sites is 2. The van der Waals surface area contributed by atoms with E-state index >= 15 is 0 Å². The Morgan fingerprint density at radius 3 is 2.59 bits per heavy atom. The Balaban J connectivity index is 2.74. The Hall–Kier alpha value is -1.55. The van der Waals surface area contributed by atoms with E-state index in [4.69, 9.17) is 10.5 Å². The second-order valence-electron chi connectivity index (χ2n) is 4.48. The first-order valence-corrected chi connectivity index (χ1v) is 5.79. The molecule has 17 heavy (non-hydrogen) atoms. The van der Waals surface area contributed by atoms with Gasteiger partial charge < -0.3 is 15.8 Å². The van der Waals surface area contributed by atoms with Crippen molar-refractivity contribution >= 4 is 11.6 Å². The van der Waals surface area contributed by atoms with Gasteiger partial charge in [0.1, 0.15) is 5.75 Å². The van der Waals surface area contributed by atoms with Crippen LogP contribution < -0.4 is 15.8 Å². The van der Waals surface area contributed by atoms with E-state index in [-0.39, 0.29) is 5.91 Å². The monoisotopic (exact) mass is 236 g/mol. The summed E-state index contributed by atoms with van der Waals surface area (Å²) >= 11 is 0. The SMILES string of the molecule is CC(C)COc1ccccc1NC(=O)C(C)N. The van der Waals surface area contributed by atoms with E-state index in [1.165, 1.54) is 0 Å². The Labute approximate surface area is 102 Å². The van der Waals surface area contributed by atoms with E-state index in [2.05, 4.69) is 19.2 Å². The van der Waals surface area contributed by atoms with Gasteiger partial charge in [-0.15, -0.1) is 0 Å². The molecule has 0 aliphatic rings. The van der Waals surface area contributed by atoms with Crippen LogP contribution in [0.25, 0.3) is 0 Å². The molecule has 1 amide bonds. The summed E-state index contributed by atoms with van der Waals surface area (Å²) in [6.45, 7) is 6.41. The number of benzene rings is 1. The van der Waals surface area contributed by atoms with Crippen molar-refractivity contribution in [3.63, 3.8) is 0 Å². The number of nitrogens with one attached hydrogen (secondary N) is 1. The molecule has 0 saturated heterocycles. The van der Waals surface area contributed by atoms with Crippen LogP contribution in [0.5, 0.6) is 5.75 Å². The predicted octanol–water partition coefficient (Wildman–Crippen LogP) is 2.01. The minimum atomic E-state index is -0.534. The number of anilines is 1. The van der Waals surface area contributed by atoms with Gasteiger partial charge in [0.2, 0.25) is 5.91 Å². The fraction of sp³-hybridized carbons (Fsp3) is 0.462. The molecule has 4 heteroatoms. The first-order valence-electron chi connectivity index (χ1n) is 5.79. The normalized spacial score (nSPS) is 12.3. The molecule has 4 nitrogen and oxygen atoms in total. The zero-order chi connectivity index (χ0) is 12.8. The second-order valence-corrected chi connectivity index (χ2v) is 4.48. The number of amides is 1. The van der Waals surface area contributed by atoms with Crippen LogP contribution in [0.1, 0.15) is 20.8 Å². The smallest absolute Gasteiger partial charge is 0.241 e. The van der Waals surface area contributed by atoms with Gasteiger partial charge in [0.15, 0.2) is 0 Å². The van der Waals surface area contributed by atoms with E-state index in [1.54, 1.807) is 13.0 Å². The summed E-state index contributed by atoms with van der Waals surface area (Å²) < 4.78 is 5.62. The number of ether oxygens (including phenoxy) is 1. The second kappa shape index (κ2) is 6.25. The van der Waals surface area contributed by atoms with Gasteiger partial charge in [0.05, 0.1) is 18.3 Å². The third-order valence-corrected chi connectivity index (χ3v) is 2.13. The van der Waals surface area contributed by atoms with Crippen LogP contribution in [0, 0.1) is 5.92 Å². The Morgan fingerprint density at radius 2 is 2.00 bits per heavy atom. The van der Waals surface area contributed by atoms with Crippen LogP contribution in [0.2, 0.25) is 0 Å². The average Bonchev–Trinajstić information content (AvgIpc) is 2.27. The predicted molar refractivity (Wildman–Crippen MR) is 69.1 cm³/mol. The lowest BCUT2D eigenvalue weighted by Crippen LogP contribution is -2.32. The molecule has 1 aromatic carbocycles. The molecule has 0 bridgehead atoms. The maximum atomic E-state index is 11.5. The van der Waals surface area contributed by atoms with Crippen LogP contribution in [0.4, 0.5) is 5.69 Å². The van der Waals surface area contributed by atoms with Crippen molar-refractivity contribution in [2.75, 3.05) is 11.9 Å². The number of hydrogen-bond donors (Lipinski definition) is 2. The summed E-state index contributed by atoms with van der Waals surface area (Å²) in [4.78, 5) is 11.5. The van der Waals surface area contributed by atoms with Gasteiger partial charge in [-0.3, -0.25) is 4.79 Å². The van der Waals surface area contributed by atoms with Crippen molar-refractivity contribution in [3.8, 4) is 5.75 Å². The molecule has 0 aliphatic heterocycles. The van der Waals surface area contributed by atoms with Gasteiger partial charge in [0.25, 0.3) is 0 Å². The van der Waals surface area contributed by atoms with E-state index in [0.29, 0.717) is 24.0 Å². The number of hydrogen-bond acceptors (Lipinski definition) is 3. The maximum Gasteiger partial charge on any atom is 0.241 e. The summed E-state index contributed by atoms with van der Waals surface area (Å²) in [6.07, 6.45) is 0. The fourth-order valence-electron chi connectivity index (χ4n) is 1.20. The van der Waals surface area contributed by atoms with Crippen molar-refractivity contribution in [2.24, 2.45) is 11.7 Å². The van der Waals surface area contributed by atoms with Crippen molar-refractivity contribution in [1.29, 1.82) is 0 Å². The zero-order valence-electron chi connectivity index (χ0n) is 10.6. The molecule has 0 aromatic heterocycles. The highest BCUT2D eigenvalue weighted by atomic mass is 16.5. The molecule has 94 valence electrons. The van der Waals surface area contributed by atoms with E-state index in [9.17, 15) is 4.79 Å². The third-order valence-electron chi connectivity index (χ3n) is 2.13. The number of rotatable bonds is 5. The molecule has 1 unspecified atom stereocenters. The van der Waals surface area contributed by atoms with E-state index < -0.39 is 6.04 Å². The summed E-state index contributed by atoms with van der Waals surface area (Å²) in [6, 6.07) is 6.82. The molecule has 0 fully saturated rings. The number of carbonyl (C=O) groups is 1. The van der Waals surface area contributed by atoms with E-state index in [0.717, 1.165) is 0 Å². The molecule has 1 atom stereocenters. The highest BCUT2D eigenvalue weighted by molar-refractivity contribution is 5.95. The summed E-state index contributed by atoms with van der Waals surface area (Å²) in [5.74, 6) is 0.896. The highest BCUT2D eigenvalue weighted by Crippen LogP contribution is 2.24. The average molecular weight is 236 g/mol. The minimum Gasteiger partial charge on any atom is -0.491 e. The topological polar surface area (TPSA) is 64.3 Å². The van der Waals surface area contributed by atoms with Gasteiger partial charge in [-0.05, 0) is 25.0 Å². The Morgan fingerprint density at radius 1 is 1.35 bits per heavy atom. The van der Waals surface area contributed by atoms with Gasteiger partial charge in [-0.1, -0.05) is 26.0 Å². The molecular formula is C13H20N2O2. The van der Waals surface area contributed by atoms with Gasteiger partial charge in [-0.2, -0.15) is 0 Å². The largest absolute Gasteiger partial charge is 0.491 e. The third kappa shape index (κ3) is 4.44. The summed E-state index contributed by atoms with van der Waals surface area (Å²) in [7, 11) is 0. The summed E-state index contributed by atoms with van der Waals surface area (Å²) in [5.41, 5.74) is 6.17. The van der Waals surface area contributed by atoms with Gasteiger partial charge in [-0.25, -0.2) is 0 Å². The van der Waals surface area contributed by atoms with Crippen LogP contribution in [-0.2, 0) is 4.79 Å². The Kier molecular flexibility index (Phi) is 4.97. The van der Waals surface area contributed by atoms with Crippen molar-refractivity contribution in [1.82, 2.24) is 0 Å². The molecule has 0 aliphatic carbocycles. The highest BCUT2D eigenvalue weighted by Gasteiger charge is 2.11. The molecule has 0 radical (unpaired) electrons. The molecule has 3 N–H and O–H groups in total. The quantitative estimate of drug-likeness (QED) is 0.822. The van der Waals surface area contributed by atoms with Crippen LogP contribution in [-0.4, -0.2) is 18.6 Å². The first kappa shape index (κ1) is 13.5. The first-order chi connectivity index (χ1) is 8.00. The maximum absolute atomic E-state index is 11.5. The van der Waals surface area contributed by atoms with E-state index in [1.807, 2.05) is 18.2 Å². The van der Waals surface area contributed by atoms with Crippen molar-refractivity contribution in [3.05, 3.63) is 24.3 Å². The van der Waals surface area contributed by atoms with Gasteiger partial charge in [0, 0.05) is 0 Å². The Bertz CT molecular complexity index is 375. The number of carbonyl (C=O) groups excluding carboxylic acids is 1. The molecule has 1 rings (SSSR count). The molecule has 1 aromatic rings.